The van der Waals surface area contributed by atoms with E-state index in [0.717, 1.165) is 6.92 Å². The van der Waals surface area contributed by atoms with E-state index in [1.165, 1.54) is 0 Å². The topological polar surface area (TPSA) is 63.7 Å². The van der Waals surface area contributed by atoms with Crippen molar-refractivity contribution in [2.75, 3.05) is 7.05 Å². The first-order valence-corrected chi connectivity index (χ1v) is 8.57. The van der Waals surface area contributed by atoms with Crippen LogP contribution in [0.2, 0.25) is 0 Å². The molecule has 0 heterocycles. The van der Waals surface area contributed by atoms with Crippen LogP contribution in [0.5, 0.6) is 0 Å². The molecule has 184 valence electrons. The molecule has 0 aromatic carbocycles. The molecular formula is C12H10F13NO4S. The van der Waals surface area contributed by atoms with E-state index in [9.17, 15) is 70.3 Å². The third-order valence-electron chi connectivity index (χ3n) is 3.49. The van der Waals surface area contributed by atoms with E-state index in [0.29, 0.717) is 0 Å². The number of hydroxylamine groups is 1. The predicted octanol–water partition coefficient (Wildman–Crippen LogP) is 4.37. The highest BCUT2D eigenvalue weighted by atomic mass is 32.2. The second-order valence-corrected chi connectivity index (χ2v) is 7.54. The maximum Gasteiger partial charge on any atom is 0.460 e. The van der Waals surface area contributed by atoms with Crippen molar-refractivity contribution in [2.45, 2.75) is 48.5 Å². The fourth-order valence-corrected chi connectivity index (χ4v) is 2.39. The first-order valence-electron chi connectivity index (χ1n) is 7.13. The van der Waals surface area contributed by atoms with Gasteiger partial charge in [-0.25, -0.2) is 13.2 Å². The van der Waals surface area contributed by atoms with Gasteiger partial charge in [0.15, 0.2) is 0 Å². The van der Waals surface area contributed by atoms with Crippen molar-refractivity contribution in [1.82, 2.24) is 4.47 Å². The number of sulfonamides is 1. The third kappa shape index (κ3) is 4.17. The van der Waals surface area contributed by atoms with Crippen LogP contribution in [0.3, 0.4) is 0 Å². The lowest BCUT2D eigenvalue weighted by Gasteiger charge is -2.39. The van der Waals surface area contributed by atoms with Gasteiger partial charge in [-0.15, -0.1) is 0 Å². The number of carbonyl (C=O) groups excluding carboxylic acids is 1. The SMILES string of the molecule is C=C(CC)C(=O)ON(C)S(=O)(=O)C(F)(F)C(F)(F)C(F)(F)C(F)(F)C(F)(F)C(F)(F)F. The van der Waals surface area contributed by atoms with Crippen molar-refractivity contribution >= 4 is 16.0 Å². The van der Waals surface area contributed by atoms with Crippen molar-refractivity contribution in [2.24, 2.45) is 0 Å². The molecule has 0 saturated heterocycles. The maximum absolute atomic E-state index is 13.7. The summed E-state index contributed by atoms with van der Waals surface area (Å²) < 4.78 is 190. The quantitative estimate of drug-likeness (QED) is 0.262. The molecule has 0 aliphatic heterocycles. The Kier molecular flexibility index (Phi) is 7.50. The van der Waals surface area contributed by atoms with Crippen molar-refractivity contribution < 1.29 is 75.1 Å². The number of hydrogen-bond donors (Lipinski definition) is 0. The summed E-state index contributed by atoms with van der Waals surface area (Å²) in [6.45, 7) is 4.06. The van der Waals surface area contributed by atoms with E-state index >= 15 is 0 Å². The van der Waals surface area contributed by atoms with Crippen LogP contribution in [-0.4, -0.2) is 61.0 Å². The van der Waals surface area contributed by atoms with Crippen LogP contribution in [0.4, 0.5) is 57.1 Å². The summed E-state index contributed by atoms with van der Waals surface area (Å²) in [6.07, 6.45) is -7.99. The van der Waals surface area contributed by atoms with Crippen LogP contribution in [0, 0.1) is 0 Å². The number of nitrogens with zero attached hydrogens (tertiary/aromatic N) is 1. The number of hydrogen-bond acceptors (Lipinski definition) is 4. The van der Waals surface area contributed by atoms with Crippen molar-refractivity contribution in [3.63, 3.8) is 0 Å². The monoisotopic (exact) mass is 511 g/mol. The van der Waals surface area contributed by atoms with E-state index in [1.54, 1.807) is 0 Å². The van der Waals surface area contributed by atoms with Gasteiger partial charge in [0.1, 0.15) is 0 Å². The summed E-state index contributed by atoms with van der Waals surface area (Å²) >= 11 is 0. The highest BCUT2D eigenvalue weighted by Gasteiger charge is 2.92. The van der Waals surface area contributed by atoms with Gasteiger partial charge in [-0.3, -0.25) is 0 Å². The summed E-state index contributed by atoms with van der Waals surface area (Å²) in [5.41, 5.74) is -0.696. The van der Waals surface area contributed by atoms with Gasteiger partial charge in [0, 0.05) is 12.6 Å². The molecule has 0 fully saturated rings. The molecule has 0 aliphatic carbocycles. The van der Waals surface area contributed by atoms with Crippen LogP contribution in [0.15, 0.2) is 12.2 Å². The average Bonchev–Trinajstić information content (AvgIpc) is 2.58. The van der Waals surface area contributed by atoms with E-state index in [2.05, 4.69) is 11.4 Å². The Hall–Kier alpha value is -1.79. The minimum atomic E-state index is -8.31. The molecule has 31 heavy (non-hydrogen) atoms. The lowest BCUT2D eigenvalue weighted by atomic mass is 9.98. The van der Waals surface area contributed by atoms with Crippen molar-refractivity contribution in [3.05, 3.63) is 12.2 Å². The number of halogens is 13. The maximum atomic E-state index is 13.7. The Morgan fingerprint density at radius 2 is 1.16 bits per heavy atom. The summed E-state index contributed by atoms with van der Waals surface area (Å²) in [6, 6.07) is 0. The smallest absolute Gasteiger partial charge is 0.349 e. The van der Waals surface area contributed by atoms with Gasteiger partial charge in [-0.1, -0.05) is 13.5 Å². The van der Waals surface area contributed by atoms with E-state index in [4.69, 9.17) is 0 Å². The molecular weight excluding hydrogens is 501 g/mol. The number of alkyl halides is 13. The van der Waals surface area contributed by atoms with Crippen molar-refractivity contribution in [1.29, 1.82) is 0 Å². The van der Waals surface area contributed by atoms with Gasteiger partial charge in [0.05, 0.1) is 0 Å². The normalized spacial score (nSPS) is 15.2. The van der Waals surface area contributed by atoms with Crippen LogP contribution >= 0.6 is 0 Å². The second-order valence-electron chi connectivity index (χ2n) is 5.56. The van der Waals surface area contributed by atoms with Gasteiger partial charge >= 0.3 is 51.1 Å². The van der Waals surface area contributed by atoms with E-state index in [1.807, 2.05) is 0 Å². The third-order valence-corrected chi connectivity index (χ3v) is 5.15. The minimum Gasteiger partial charge on any atom is -0.349 e. The molecule has 0 rings (SSSR count). The molecule has 0 unspecified atom stereocenters. The molecule has 0 aromatic rings. The molecule has 0 atom stereocenters. The van der Waals surface area contributed by atoms with E-state index < -0.39 is 61.2 Å². The zero-order chi connectivity index (χ0) is 25.6. The van der Waals surface area contributed by atoms with Gasteiger partial charge < -0.3 is 4.84 Å². The fourth-order valence-electron chi connectivity index (χ4n) is 1.45. The molecule has 0 aliphatic rings. The molecule has 0 spiro atoms. The van der Waals surface area contributed by atoms with E-state index in [-0.39, 0.29) is 13.5 Å². The van der Waals surface area contributed by atoms with Gasteiger partial charge in [0.25, 0.3) is 0 Å². The highest BCUT2D eigenvalue weighted by molar-refractivity contribution is 7.90. The summed E-state index contributed by atoms with van der Waals surface area (Å²) in [5, 5.41) is -7.50. The lowest BCUT2D eigenvalue weighted by Crippen LogP contribution is -2.71. The van der Waals surface area contributed by atoms with Crippen LogP contribution in [0.1, 0.15) is 13.3 Å². The zero-order valence-electron chi connectivity index (χ0n) is 14.8. The van der Waals surface area contributed by atoms with Gasteiger partial charge in [0.2, 0.25) is 0 Å². The van der Waals surface area contributed by atoms with Crippen LogP contribution in [0.25, 0.3) is 0 Å². The van der Waals surface area contributed by atoms with Crippen LogP contribution in [-0.2, 0) is 19.7 Å². The lowest BCUT2D eigenvalue weighted by molar-refractivity contribution is -0.433. The zero-order valence-corrected chi connectivity index (χ0v) is 15.6. The standard InChI is InChI=1S/C12H10F13NO4S/c1-4-5(2)6(27)30-26(3)31(28,29)12(24,25)10(19,20)8(15,16)7(13,14)9(17,18)11(21,22)23/h2,4H2,1,3H3. The molecule has 0 saturated carbocycles. The van der Waals surface area contributed by atoms with Crippen molar-refractivity contribution in [3.8, 4) is 0 Å². The molecule has 5 nitrogen and oxygen atoms in total. The summed E-state index contributed by atoms with van der Waals surface area (Å²) in [4.78, 5) is 14.9. The molecule has 0 bridgehead atoms. The Morgan fingerprint density at radius 3 is 1.48 bits per heavy atom. The van der Waals surface area contributed by atoms with Crippen LogP contribution < -0.4 is 0 Å². The first-order chi connectivity index (χ1) is 13.3. The molecule has 0 amide bonds. The molecule has 19 heteroatoms. The average molecular weight is 511 g/mol. The second kappa shape index (κ2) is 7.96. The molecule has 0 aromatic heterocycles. The Balaban J connectivity index is 6.51. The first kappa shape index (κ1) is 29.2. The predicted molar refractivity (Wildman–Crippen MR) is 73.0 cm³/mol. The molecule has 0 radical (unpaired) electrons. The summed E-state index contributed by atoms with van der Waals surface area (Å²) in [7, 11) is -7.72. The Bertz CT molecular complexity index is 819. The highest BCUT2D eigenvalue weighted by Crippen LogP contribution is 2.61. The number of rotatable bonds is 9. The minimum absolute atomic E-state index is 0.291. The van der Waals surface area contributed by atoms with Gasteiger partial charge in [-0.2, -0.15) is 57.1 Å². The Labute approximate surface area is 164 Å². The Morgan fingerprint density at radius 1 is 0.806 bits per heavy atom. The summed E-state index contributed by atoms with van der Waals surface area (Å²) in [5.74, 6) is -34.6. The largest absolute Gasteiger partial charge is 0.460 e. The number of carbonyl (C=O) groups is 1. The molecule has 0 N–H and O–H groups in total. The van der Waals surface area contributed by atoms with Gasteiger partial charge in [-0.05, 0) is 10.9 Å². The fraction of sp³-hybridized carbons (Fsp3) is 0.750.